The number of urea groups is 1. The van der Waals surface area contributed by atoms with Gasteiger partial charge in [-0.2, -0.15) is 0 Å². The van der Waals surface area contributed by atoms with Gasteiger partial charge >= 0.3 is 12.0 Å². The fraction of sp³-hybridized carbons (Fsp3) is 0. The highest BCUT2D eigenvalue weighted by molar-refractivity contribution is 7.14. The van der Waals surface area contributed by atoms with E-state index in [1.165, 1.54) is 6.07 Å². The van der Waals surface area contributed by atoms with E-state index in [1.807, 2.05) is 24.4 Å². The zero-order chi connectivity index (χ0) is 14.8. The van der Waals surface area contributed by atoms with Gasteiger partial charge in [0.2, 0.25) is 0 Å². The maximum Gasteiger partial charge on any atom is 0.338 e. The van der Waals surface area contributed by atoms with Crippen LogP contribution >= 0.6 is 11.3 Å². The molecule has 7 heteroatoms. The third-order valence-corrected chi connectivity index (χ3v) is 3.76. The Bertz CT molecular complexity index is 822. The zero-order valence-electron chi connectivity index (χ0n) is 10.7. The normalized spacial score (nSPS) is 10.5. The standard InChI is InChI=1S/C14H11N3O3S/c18-13(19)10-4-6-21-12(10)17-14(20)16-9-1-2-11-8(7-9)3-5-15-11/h1-7,15H,(H,18,19)(H2,16,17,20). The van der Waals surface area contributed by atoms with E-state index in [4.69, 9.17) is 5.11 Å². The number of nitrogens with one attached hydrogen (secondary N) is 3. The number of carbonyl (C=O) groups excluding carboxylic acids is 1. The molecule has 6 nitrogen and oxygen atoms in total. The van der Waals surface area contributed by atoms with Gasteiger partial charge in [0.25, 0.3) is 0 Å². The predicted octanol–water partition coefficient (Wildman–Crippen LogP) is 3.57. The summed E-state index contributed by atoms with van der Waals surface area (Å²) in [6.45, 7) is 0. The van der Waals surface area contributed by atoms with E-state index >= 15 is 0 Å². The van der Waals surface area contributed by atoms with Crippen LogP contribution in [0.2, 0.25) is 0 Å². The molecule has 0 fully saturated rings. The van der Waals surface area contributed by atoms with Crippen LogP contribution < -0.4 is 10.6 Å². The summed E-state index contributed by atoms with van der Waals surface area (Å²) < 4.78 is 0. The number of carboxylic acid groups (broad SMARTS) is 1. The first kappa shape index (κ1) is 13.2. The second-order valence-corrected chi connectivity index (χ2v) is 5.24. The van der Waals surface area contributed by atoms with Gasteiger partial charge in [-0.05, 0) is 35.7 Å². The Morgan fingerprint density at radius 3 is 2.81 bits per heavy atom. The third-order valence-electron chi connectivity index (χ3n) is 2.93. The van der Waals surface area contributed by atoms with Gasteiger partial charge in [0.15, 0.2) is 0 Å². The van der Waals surface area contributed by atoms with Crippen LogP contribution in [0.1, 0.15) is 10.4 Å². The Balaban J connectivity index is 1.73. The van der Waals surface area contributed by atoms with Crippen LogP contribution in [-0.2, 0) is 0 Å². The first-order valence-electron chi connectivity index (χ1n) is 6.09. The maximum absolute atomic E-state index is 11.9. The molecule has 0 spiro atoms. The molecule has 4 N–H and O–H groups in total. The number of H-pyrrole nitrogens is 1. The maximum atomic E-state index is 11.9. The molecule has 0 aliphatic carbocycles. The molecule has 106 valence electrons. The zero-order valence-corrected chi connectivity index (χ0v) is 11.5. The number of aromatic nitrogens is 1. The van der Waals surface area contributed by atoms with E-state index < -0.39 is 12.0 Å². The molecule has 2 amide bonds. The van der Waals surface area contributed by atoms with E-state index in [9.17, 15) is 9.59 Å². The fourth-order valence-corrected chi connectivity index (χ4v) is 2.75. The van der Waals surface area contributed by atoms with Crippen molar-refractivity contribution >= 4 is 44.9 Å². The molecule has 0 saturated carbocycles. The van der Waals surface area contributed by atoms with Crippen molar-refractivity contribution in [3.63, 3.8) is 0 Å². The average Bonchev–Trinajstić information content (AvgIpc) is 3.06. The Morgan fingerprint density at radius 1 is 1.14 bits per heavy atom. The molecule has 3 rings (SSSR count). The van der Waals surface area contributed by atoms with Crippen LogP contribution in [0.15, 0.2) is 41.9 Å². The van der Waals surface area contributed by atoms with Gasteiger partial charge in [0.05, 0.1) is 5.56 Å². The summed E-state index contributed by atoms with van der Waals surface area (Å²) in [5.74, 6) is -1.07. The lowest BCUT2D eigenvalue weighted by atomic mass is 10.2. The Morgan fingerprint density at radius 2 is 2.00 bits per heavy atom. The van der Waals surface area contributed by atoms with Crippen molar-refractivity contribution < 1.29 is 14.7 Å². The van der Waals surface area contributed by atoms with Crippen molar-refractivity contribution in [1.29, 1.82) is 0 Å². The largest absolute Gasteiger partial charge is 0.478 e. The van der Waals surface area contributed by atoms with Crippen molar-refractivity contribution in [2.75, 3.05) is 10.6 Å². The van der Waals surface area contributed by atoms with E-state index in [2.05, 4.69) is 15.6 Å². The third kappa shape index (κ3) is 2.72. The van der Waals surface area contributed by atoms with Gasteiger partial charge in [0, 0.05) is 22.8 Å². The van der Waals surface area contributed by atoms with Crippen LogP contribution in [-0.4, -0.2) is 22.1 Å². The first-order chi connectivity index (χ1) is 10.1. The van der Waals surface area contributed by atoms with Gasteiger partial charge in [0.1, 0.15) is 5.00 Å². The molecule has 3 aromatic rings. The van der Waals surface area contributed by atoms with Gasteiger partial charge < -0.3 is 15.4 Å². The van der Waals surface area contributed by atoms with Gasteiger partial charge in [-0.3, -0.25) is 5.32 Å². The van der Waals surface area contributed by atoms with Crippen LogP contribution in [0.5, 0.6) is 0 Å². The highest BCUT2D eigenvalue weighted by Gasteiger charge is 2.13. The highest BCUT2D eigenvalue weighted by Crippen LogP contribution is 2.24. The van der Waals surface area contributed by atoms with E-state index in [0.29, 0.717) is 10.7 Å². The van der Waals surface area contributed by atoms with Crippen molar-refractivity contribution in [2.45, 2.75) is 0 Å². The van der Waals surface area contributed by atoms with Crippen LogP contribution in [0.25, 0.3) is 10.9 Å². The Kier molecular flexibility index (Phi) is 3.33. The molecular formula is C14H11N3O3S. The number of aromatic carboxylic acids is 1. The van der Waals surface area contributed by atoms with E-state index in [1.54, 1.807) is 11.4 Å². The monoisotopic (exact) mass is 301 g/mol. The number of carboxylic acids is 1. The van der Waals surface area contributed by atoms with Crippen molar-refractivity contribution in [1.82, 2.24) is 4.98 Å². The lowest BCUT2D eigenvalue weighted by Crippen LogP contribution is -2.19. The van der Waals surface area contributed by atoms with E-state index in [0.717, 1.165) is 22.2 Å². The second-order valence-electron chi connectivity index (χ2n) is 4.33. The van der Waals surface area contributed by atoms with E-state index in [-0.39, 0.29) is 5.56 Å². The molecule has 0 aliphatic heterocycles. The Labute approximate surface area is 123 Å². The number of benzene rings is 1. The van der Waals surface area contributed by atoms with Crippen LogP contribution in [0.3, 0.4) is 0 Å². The number of carbonyl (C=O) groups is 2. The number of hydrogen-bond donors (Lipinski definition) is 4. The van der Waals surface area contributed by atoms with Crippen LogP contribution in [0, 0.1) is 0 Å². The first-order valence-corrected chi connectivity index (χ1v) is 6.97. The summed E-state index contributed by atoms with van der Waals surface area (Å²) in [5.41, 5.74) is 1.69. The number of fused-ring (bicyclic) bond motifs is 1. The number of amides is 2. The summed E-state index contributed by atoms with van der Waals surface area (Å²) in [7, 11) is 0. The minimum Gasteiger partial charge on any atom is -0.478 e. The molecule has 0 saturated heterocycles. The SMILES string of the molecule is O=C(Nc1ccc2[nH]ccc2c1)Nc1sccc1C(=O)O. The quantitative estimate of drug-likeness (QED) is 0.595. The minimum atomic E-state index is -1.07. The summed E-state index contributed by atoms with van der Waals surface area (Å²) in [6.07, 6.45) is 1.82. The molecule has 2 aromatic heterocycles. The number of thiophene rings is 1. The predicted molar refractivity (Wildman–Crippen MR) is 82.2 cm³/mol. The number of aromatic amines is 1. The molecule has 21 heavy (non-hydrogen) atoms. The summed E-state index contributed by atoms with van der Waals surface area (Å²) in [4.78, 5) is 25.9. The average molecular weight is 301 g/mol. The van der Waals surface area contributed by atoms with Crippen molar-refractivity contribution in [2.24, 2.45) is 0 Å². The van der Waals surface area contributed by atoms with Crippen molar-refractivity contribution in [3.8, 4) is 0 Å². The smallest absolute Gasteiger partial charge is 0.338 e. The molecule has 0 atom stereocenters. The van der Waals surface area contributed by atoms with Crippen LogP contribution in [0.4, 0.5) is 15.5 Å². The van der Waals surface area contributed by atoms with Gasteiger partial charge in [-0.15, -0.1) is 11.3 Å². The number of rotatable bonds is 3. The Hall–Kier alpha value is -2.80. The highest BCUT2D eigenvalue weighted by atomic mass is 32.1. The fourth-order valence-electron chi connectivity index (χ4n) is 1.97. The lowest BCUT2D eigenvalue weighted by molar-refractivity contribution is 0.0698. The topological polar surface area (TPSA) is 94.2 Å². The molecule has 0 bridgehead atoms. The second kappa shape index (κ2) is 5.29. The molecule has 0 aliphatic rings. The minimum absolute atomic E-state index is 0.0798. The molecule has 0 unspecified atom stereocenters. The summed E-state index contributed by atoms with van der Waals surface area (Å²) in [6, 6.07) is 8.34. The lowest BCUT2D eigenvalue weighted by Gasteiger charge is -2.07. The summed E-state index contributed by atoms with van der Waals surface area (Å²) in [5, 5.41) is 17.1. The molecule has 0 radical (unpaired) electrons. The number of hydrogen-bond acceptors (Lipinski definition) is 3. The molecule has 1 aromatic carbocycles. The summed E-state index contributed by atoms with van der Waals surface area (Å²) >= 11 is 1.16. The number of anilines is 2. The molecule has 2 heterocycles. The van der Waals surface area contributed by atoms with Gasteiger partial charge in [-0.1, -0.05) is 0 Å². The van der Waals surface area contributed by atoms with Gasteiger partial charge in [-0.25, -0.2) is 9.59 Å². The molecular weight excluding hydrogens is 290 g/mol. The van der Waals surface area contributed by atoms with Crippen molar-refractivity contribution in [3.05, 3.63) is 47.5 Å².